The molecule has 0 fully saturated rings. The molecule has 4 rings (SSSR count). The fourth-order valence-electron chi connectivity index (χ4n) is 4.06. The van der Waals surface area contributed by atoms with Crippen LogP contribution in [0.1, 0.15) is 28.3 Å². The van der Waals surface area contributed by atoms with Gasteiger partial charge < -0.3 is 9.59 Å². The largest absolute Gasteiger partial charge is 0.508 e. The molecule has 2 atom stereocenters. The monoisotopic (exact) mass is 266 g/mol. The van der Waals surface area contributed by atoms with E-state index < -0.39 is 0 Å². The standard InChI is InChI=1S/C18H19NO/c1-19-10-8-13-4-2-3-5-16(13)18(19)17-7-6-15(20)12-14(17)9-11-19/h2-7,12,18H,8-11H2,1H3/p+1. The summed E-state index contributed by atoms with van der Waals surface area (Å²) in [4.78, 5) is 0. The molecular weight excluding hydrogens is 246 g/mol. The summed E-state index contributed by atoms with van der Waals surface area (Å²) >= 11 is 0. The average Bonchev–Trinajstić information content (AvgIpc) is 2.46. The number of nitrogens with zero attached hydrogens (tertiary/aromatic N) is 1. The summed E-state index contributed by atoms with van der Waals surface area (Å²) in [6, 6.07) is 15.2. The number of likely N-dealkylation sites (N-methyl/N-ethyl adjacent to an activating group) is 1. The van der Waals surface area contributed by atoms with Gasteiger partial charge in [-0.3, -0.25) is 0 Å². The van der Waals surface area contributed by atoms with E-state index in [2.05, 4.69) is 37.4 Å². The predicted molar refractivity (Wildman–Crippen MR) is 79.7 cm³/mol. The van der Waals surface area contributed by atoms with Gasteiger partial charge in [0.1, 0.15) is 11.8 Å². The Labute approximate surface area is 119 Å². The van der Waals surface area contributed by atoms with Crippen molar-refractivity contribution in [3.8, 4) is 5.75 Å². The van der Waals surface area contributed by atoms with E-state index in [0.29, 0.717) is 11.8 Å². The molecule has 20 heavy (non-hydrogen) atoms. The fraction of sp³-hybridized carbons (Fsp3) is 0.333. The van der Waals surface area contributed by atoms with Crippen LogP contribution in [-0.2, 0) is 12.8 Å². The Bertz CT molecular complexity index is 679. The minimum absolute atomic E-state index is 0.393. The third kappa shape index (κ3) is 1.61. The molecule has 0 saturated carbocycles. The topological polar surface area (TPSA) is 20.2 Å². The maximum atomic E-state index is 9.74. The minimum atomic E-state index is 0.393. The first kappa shape index (κ1) is 12.0. The van der Waals surface area contributed by atoms with Crippen molar-refractivity contribution in [3.05, 3.63) is 64.7 Å². The van der Waals surface area contributed by atoms with Gasteiger partial charge in [0.05, 0.1) is 20.1 Å². The lowest BCUT2D eigenvalue weighted by molar-refractivity contribution is -0.937. The van der Waals surface area contributed by atoms with Gasteiger partial charge in [0.15, 0.2) is 0 Å². The third-order valence-corrected chi connectivity index (χ3v) is 5.18. The maximum Gasteiger partial charge on any atom is 0.141 e. The number of phenols is 1. The van der Waals surface area contributed by atoms with E-state index >= 15 is 0 Å². The molecule has 0 bridgehead atoms. The number of aromatic hydroxyl groups is 1. The first-order valence-electron chi connectivity index (χ1n) is 7.41. The number of phenolic OH excluding ortho intramolecular Hbond substituents is 1. The Morgan fingerprint density at radius 3 is 2.50 bits per heavy atom. The Morgan fingerprint density at radius 1 is 0.950 bits per heavy atom. The Hall–Kier alpha value is -1.80. The summed E-state index contributed by atoms with van der Waals surface area (Å²) in [5, 5.41) is 9.74. The fourth-order valence-corrected chi connectivity index (χ4v) is 4.06. The smallest absolute Gasteiger partial charge is 0.141 e. The molecule has 2 aromatic carbocycles. The molecule has 0 aromatic heterocycles. The van der Waals surface area contributed by atoms with Gasteiger partial charge in [0, 0.05) is 24.0 Å². The molecule has 0 amide bonds. The van der Waals surface area contributed by atoms with Gasteiger partial charge in [-0.05, 0) is 29.3 Å². The van der Waals surface area contributed by atoms with Gasteiger partial charge >= 0.3 is 0 Å². The van der Waals surface area contributed by atoms with Gasteiger partial charge in [-0.1, -0.05) is 24.3 Å². The van der Waals surface area contributed by atoms with Gasteiger partial charge in [-0.25, -0.2) is 0 Å². The van der Waals surface area contributed by atoms with Crippen LogP contribution in [0.15, 0.2) is 42.5 Å². The summed E-state index contributed by atoms with van der Waals surface area (Å²) in [6.07, 6.45) is 2.25. The van der Waals surface area contributed by atoms with Crippen molar-refractivity contribution in [2.45, 2.75) is 18.9 Å². The lowest BCUT2D eigenvalue weighted by atomic mass is 9.81. The zero-order valence-corrected chi connectivity index (χ0v) is 11.8. The highest BCUT2D eigenvalue weighted by atomic mass is 16.3. The van der Waals surface area contributed by atoms with E-state index in [1.165, 1.54) is 35.2 Å². The molecule has 2 heteroatoms. The minimum Gasteiger partial charge on any atom is -0.508 e. The van der Waals surface area contributed by atoms with Crippen LogP contribution < -0.4 is 0 Å². The first-order chi connectivity index (χ1) is 9.67. The second-order valence-electron chi connectivity index (χ2n) is 6.41. The molecule has 2 aliphatic heterocycles. The number of quaternary nitrogens is 1. The number of fused-ring (bicyclic) bond motifs is 5. The molecule has 102 valence electrons. The Kier molecular flexibility index (Phi) is 2.45. The highest BCUT2D eigenvalue weighted by molar-refractivity contribution is 5.44. The van der Waals surface area contributed by atoms with Gasteiger partial charge in [-0.15, -0.1) is 0 Å². The van der Waals surface area contributed by atoms with E-state index in [1.807, 2.05) is 12.1 Å². The second-order valence-corrected chi connectivity index (χ2v) is 6.41. The van der Waals surface area contributed by atoms with Crippen molar-refractivity contribution in [1.29, 1.82) is 0 Å². The van der Waals surface area contributed by atoms with Crippen molar-refractivity contribution in [3.63, 3.8) is 0 Å². The van der Waals surface area contributed by atoms with E-state index in [-0.39, 0.29) is 0 Å². The number of benzene rings is 2. The van der Waals surface area contributed by atoms with Crippen LogP contribution in [0.25, 0.3) is 0 Å². The quantitative estimate of drug-likeness (QED) is 0.727. The second kappa shape index (κ2) is 4.10. The summed E-state index contributed by atoms with van der Waals surface area (Å²) in [5.74, 6) is 0.393. The summed E-state index contributed by atoms with van der Waals surface area (Å²) in [6.45, 7) is 2.37. The Balaban J connectivity index is 1.95. The highest BCUT2D eigenvalue weighted by Gasteiger charge is 2.43. The van der Waals surface area contributed by atoms with Crippen LogP contribution in [0, 0.1) is 0 Å². The normalized spacial score (nSPS) is 27.4. The number of hydrogen-bond acceptors (Lipinski definition) is 1. The molecule has 0 spiro atoms. The molecule has 0 saturated heterocycles. The van der Waals surface area contributed by atoms with E-state index in [9.17, 15) is 5.11 Å². The maximum absolute atomic E-state index is 9.74. The van der Waals surface area contributed by atoms with Crippen LogP contribution in [0.2, 0.25) is 0 Å². The number of rotatable bonds is 0. The van der Waals surface area contributed by atoms with Crippen LogP contribution in [-0.4, -0.2) is 29.7 Å². The zero-order valence-electron chi connectivity index (χ0n) is 11.8. The zero-order chi connectivity index (χ0) is 13.7. The summed E-state index contributed by atoms with van der Waals surface area (Å²) < 4.78 is 1.11. The van der Waals surface area contributed by atoms with Crippen LogP contribution in [0.3, 0.4) is 0 Å². The molecule has 0 radical (unpaired) electrons. The predicted octanol–water partition coefficient (Wildman–Crippen LogP) is 3.04. The van der Waals surface area contributed by atoms with Crippen molar-refractivity contribution in [2.24, 2.45) is 0 Å². The van der Waals surface area contributed by atoms with Crippen LogP contribution >= 0.6 is 0 Å². The molecule has 2 nitrogen and oxygen atoms in total. The average molecular weight is 266 g/mol. The van der Waals surface area contributed by atoms with Crippen molar-refractivity contribution in [1.82, 2.24) is 0 Å². The molecule has 0 aliphatic carbocycles. The van der Waals surface area contributed by atoms with E-state index in [4.69, 9.17) is 0 Å². The lowest BCUT2D eigenvalue weighted by Crippen LogP contribution is -2.54. The molecule has 2 aromatic rings. The van der Waals surface area contributed by atoms with E-state index in [0.717, 1.165) is 17.4 Å². The molecule has 2 heterocycles. The van der Waals surface area contributed by atoms with Crippen molar-refractivity contribution in [2.75, 3.05) is 20.1 Å². The molecule has 1 N–H and O–H groups in total. The summed E-state index contributed by atoms with van der Waals surface area (Å²) in [5.41, 5.74) is 5.70. The van der Waals surface area contributed by atoms with Gasteiger partial charge in [0.25, 0.3) is 0 Å². The summed E-state index contributed by atoms with van der Waals surface area (Å²) in [7, 11) is 2.39. The van der Waals surface area contributed by atoms with E-state index in [1.54, 1.807) is 0 Å². The van der Waals surface area contributed by atoms with Crippen molar-refractivity contribution >= 4 is 0 Å². The van der Waals surface area contributed by atoms with Crippen molar-refractivity contribution < 1.29 is 9.59 Å². The molecular formula is C18H20NO+. The van der Waals surface area contributed by atoms with Crippen LogP contribution in [0.4, 0.5) is 0 Å². The molecule has 2 unspecified atom stereocenters. The Morgan fingerprint density at radius 2 is 1.65 bits per heavy atom. The van der Waals surface area contributed by atoms with Crippen LogP contribution in [0.5, 0.6) is 5.75 Å². The molecule has 2 aliphatic rings. The van der Waals surface area contributed by atoms with Gasteiger partial charge in [0.2, 0.25) is 0 Å². The highest BCUT2D eigenvalue weighted by Crippen LogP contribution is 2.44. The SMILES string of the molecule is C[N+]12CCc3ccccc3C1c1ccc(O)cc1CC2. The third-order valence-electron chi connectivity index (χ3n) is 5.18. The lowest BCUT2D eigenvalue weighted by Gasteiger charge is -2.49. The number of hydrogen-bond donors (Lipinski definition) is 1. The van der Waals surface area contributed by atoms with Gasteiger partial charge in [-0.2, -0.15) is 0 Å². The first-order valence-corrected chi connectivity index (χ1v) is 7.41.